The second kappa shape index (κ2) is 4.99. The molecule has 2 N–H and O–H groups in total. The van der Waals surface area contributed by atoms with E-state index in [-0.39, 0.29) is 0 Å². The Kier molecular flexibility index (Phi) is 3.41. The maximum atomic E-state index is 4.17. The highest BCUT2D eigenvalue weighted by molar-refractivity contribution is 7.11. The van der Waals surface area contributed by atoms with Crippen LogP contribution < -0.4 is 10.6 Å². The number of thiophene rings is 1. The summed E-state index contributed by atoms with van der Waals surface area (Å²) in [5, 5.41) is 6.40. The van der Waals surface area contributed by atoms with E-state index in [1.807, 2.05) is 30.5 Å². The van der Waals surface area contributed by atoms with Gasteiger partial charge in [0.15, 0.2) is 0 Å². The molecule has 2 heterocycles. The molecule has 0 amide bonds. The molecule has 2 rings (SSSR count). The minimum Gasteiger partial charge on any atom is -0.380 e. The van der Waals surface area contributed by atoms with Gasteiger partial charge in [0.1, 0.15) is 5.82 Å². The molecule has 4 heteroatoms. The molecule has 2 aromatic heterocycles. The molecule has 0 saturated heterocycles. The number of pyridine rings is 1. The van der Waals surface area contributed by atoms with E-state index in [9.17, 15) is 0 Å². The molecule has 0 radical (unpaired) electrons. The van der Waals surface area contributed by atoms with Crippen molar-refractivity contribution in [1.29, 1.82) is 0 Å². The molecule has 0 bridgehead atoms. The average Bonchev–Trinajstić information content (AvgIpc) is 2.73. The van der Waals surface area contributed by atoms with Gasteiger partial charge in [0.2, 0.25) is 0 Å². The third-order valence-electron chi connectivity index (χ3n) is 2.28. The van der Waals surface area contributed by atoms with Crippen LogP contribution in [0.2, 0.25) is 0 Å². The summed E-state index contributed by atoms with van der Waals surface area (Å²) >= 11 is 1.82. The number of nitrogens with one attached hydrogen (secondary N) is 2. The first-order valence-electron chi connectivity index (χ1n) is 5.21. The number of hydrogen-bond donors (Lipinski definition) is 2. The Hall–Kier alpha value is -1.55. The van der Waals surface area contributed by atoms with Crippen molar-refractivity contribution < 1.29 is 0 Å². The summed E-state index contributed by atoms with van der Waals surface area (Å²) in [6.07, 6.45) is 1.80. The van der Waals surface area contributed by atoms with Crippen LogP contribution in [0.3, 0.4) is 0 Å². The lowest BCUT2D eigenvalue weighted by atomic mass is 10.3. The van der Waals surface area contributed by atoms with E-state index in [1.54, 1.807) is 6.20 Å². The van der Waals surface area contributed by atoms with E-state index in [0.29, 0.717) is 0 Å². The quantitative estimate of drug-likeness (QED) is 0.852. The number of hydrogen-bond acceptors (Lipinski definition) is 4. The standard InChI is InChI=1S/C12H15N3S/c1-9-3-4-11(16-9)8-15-10-5-6-14-12(7-10)13-2/h3-7H,8H2,1-2H3,(H2,13,14,15). The van der Waals surface area contributed by atoms with Gasteiger partial charge in [-0.1, -0.05) is 0 Å². The Morgan fingerprint density at radius 1 is 1.31 bits per heavy atom. The predicted molar refractivity (Wildman–Crippen MR) is 70.2 cm³/mol. The van der Waals surface area contributed by atoms with Crippen LogP contribution in [0.5, 0.6) is 0 Å². The van der Waals surface area contributed by atoms with Crippen molar-refractivity contribution in [2.75, 3.05) is 17.7 Å². The average molecular weight is 233 g/mol. The van der Waals surface area contributed by atoms with E-state index in [2.05, 4.69) is 34.7 Å². The third kappa shape index (κ3) is 2.73. The van der Waals surface area contributed by atoms with Gasteiger partial charge in [0.25, 0.3) is 0 Å². The van der Waals surface area contributed by atoms with Crippen LogP contribution >= 0.6 is 11.3 Å². The van der Waals surface area contributed by atoms with Gasteiger partial charge >= 0.3 is 0 Å². The van der Waals surface area contributed by atoms with Gasteiger partial charge in [0.05, 0.1) is 0 Å². The first-order chi connectivity index (χ1) is 7.78. The Morgan fingerprint density at radius 2 is 2.19 bits per heavy atom. The predicted octanol–water partition coefficient (Wildman–Crippen LogP) is 3.11. The summed E-state index contributed by atoms with van der Waals surface area (Å²) in [5.74, 6) is 0.882. The lowest BCUT2D eigenvalue weighted by Gasteiger charge is -2.06. The summed E-state index contributed by atoms with van der Waals surface area (Å²) in [5.41, 5.74) is 1.09. The molecule has 0 aliphatic carbocycles. The fourth-order valence-corrected chi connectivity index (χ4v) is 2.28. The summed E-state index contributed by atoms with van der Waals surface area (Å²) in [7, 11) is 1.87. The van der Waals surface area contributed by atoms with Crippen LogP contribution in [-0.4, -0.2) is 12.0 Å². The van der Waals surface area contributed by atoms with Crippen LogP contribution in [0.25, 0.3) is 0 Å². The van der Waals surface area contributed by atoms with Gasteiger partial charge in [-0.15, -0.1) is 11.3 Å². The van der Waals surface area contributed by atoms with Crippen LogP contribution in [0.4, 0.5) is 11.5 Å². The molecular formula is C12H15N3S. The summed E-state index contributed by atoms with van der Waals surface area (Å²) in [4.78, 5) is 6.87. The van der Waals surface area contributed by atoms with Crippen LogP contribution in [0.15, 0.2) is 30.5 Å². The fourth-order valence-electron chi connectivity index (χ4n) is 1.45. The summed E-state index contributed by atoms with van der Waals surface area (Å²) < 4.78 is 0. The van der Waals surface area contributed by atoms with E-state index in [4.69, 9.17) is 0 Å². The monoisotopic (exact) mass is 233 g/mol. The zero-order chi connectivity index (χ0) is 11.4. The minimum absolute atomic E-state index is 0.867. The molecular weight excluding hydrogens is 218 g/mol. The normalized spacial score (nSPS) is 10.1. The number of nitrogens with zero attached hydrogens (tertiary/aromatic N) is 1. The van der Waals surface area contributed by atoms with Crippen LogP contribution in [-0.2, 0) is 6.54 Å². The van der Waals surface area contributed by atoms with Crippen molar-refractivity contribution in [3.63, 3.8) is 0 Å². The number of rotatable bonds is 4. The molecule has 0 saturated carbocycles. The maximum absolute atomic E-state index is 4.17. The maximum Gasteiger partial charge on any atom is 0.127 e. The smallest absolute Gasteiger partial charge is 0.127 e. The molecule has 84 valence electrons. The highest BCUT2D eigenvalue weighted by Gasteiger charge is 1.98. The summed E-state index contributed by atoms with van der Waals surface area (Å²) in [6, 6.07) is 8.28. The zero-order valence-electron chi connectivity index (χ0n) is 9.45. The van der Waals surface area contributed by atoms with Gasteiger partial charge in [-0.3, -0.25) is 0 Å². The van der Waals surface area contributed by atoms with E-state index in [0.717, 1.165) is 18.1 Å². The summed E-state index contributed by atoms with van der Waals surface area (Å²) in [6.45, 7) is 2.99. The molecule has 0 aromatic carbocycles. The Labute approximate surface area is 99.5 Å². The minimum atomic E-state index is 0.867. The molecule has 0 unspecified atom stereocenters. The lowest BCUT2D eigenvalue weighted by Crippen LogP contribution is -1.99. The van der Waals surface area contributed by atoms with Crippen molar-refractivity contribution in [1.82, 2.24) is 4.98 Å². The number of aryl methyl sites for hydroxylation is 1. The molecule has 0 spiro atoms. The third-order valence-corrected chi connectivity index (χ3v) is 3.28. The van der Waals surface area contributed by atoms with Crippen molar-refractivity contribution in [3.05, 3.63) is 40.2 Å². The molecule has 0 atom stereocenters. The first-order valence-corrected chi connectivity index (χ1v) is 6.02. The van der Waals surface area contributed by atoms with Gasteiger partial charge in [-0.05, 0) is 25.1 Å². The van der Waals surface area contributed by atoms with Gasteiger partial charge < -0.3 is 10.6 Å². The SMILES string of the molecule is CNc1cc(NCc2ccc(C)s2)ccn1. The highest BCUT2D eigenvalue weighted by Crippen LogP contribution is 2.17. The highest BCUT2D eigenvalue weighted by atomic mass is 32.1. The van der Waals surface area contributed by atoms with Crippen molar-refractivity contribution in [2.24, 2.45) is 0 Å². The zero-order valence-corrected chi connectivity index (χ0v) is 10.3. The largest absolute Gasteiger partial charge is 0.380 e. The molecule has 16 heavy (non-hydrogen) atoms. The number of anilines is 2. The Morgan fingerprint density at radius 3 is 2.88 bits per heavy atom. The van der Waals surface area contributed by atoms with Crippen LogP contribution in [0.1, 0.15) is 9.75 Å². The van der Waals surface area contributed by atoms with E-state index >= 15 is 0 Å². The van der Waals surface area contributed by atoms with Gasteiger partial charge in [0, 0.05) is 41.3 Å². The molecule has 0 aliphatic rings. The van der Waals surface area contributed by atoms with Crippen molar-refractivity contribution in [3.8, 4) is 0 Å². The number of aromatic nitrogens is 1. The first kappa shape index (κ1) is 11.0. The topological polar surface area (TPSA) is 37.0 Å². The molecule has 3 nitrogen and oxygen atoms in total. The Balaban J connectivity index is 1.99. The lowest BCUT2D eigenvalue weighted by molar-refractivity contribution is 1.18. The van der Waals surface area contributed by atoms with E-state index in [1.165, 1.54) is 9.75 Å². The van der Waals surface area contributed by atoms with Crippen molar-refractivity contribution in [2.45, 2.75) is 13.5 Å². The van der Waals surface area contributed by atoms with E-state index < -0.39 is 0 Å². The van der Waals surface area contributed by atoms with Gasteiger partial charge in [-0.25, -0.2) is 4.98 Å². The second-order valence-electron chi connectivity index (χ2n) is 3.55. The molecule has 2 aromatic rings. The van der Waals surface area contributed by atoms with Gasteiger partial charge in [-0.2, -0.15) is 0 Å². The molecule has 0 fully saturated rings. The second-order valence-corrected chi connectivity index (χ2v) is 4.92. The van der Waals surface area contributed by atoms with Crippen LogP contribution in [0, 0.1) is 6.92 Å². The van der Waals surface area contributed by atoms with Crippen molar-refractivity contribution >= 4 is 22.8 Å². The fraction of sp³-hybridized carbons (Fsp3) is 0.250. The molecule has 0 aliphatic heterocycles. The Bertz CT molecular complexity index is 465.